The number of hydrogen-bond donors (Lipinski definition) is 2. The number of hydrogen-bond acceptors (Lipinski definition) is 4. The Morgan fingerprint density at radius 1 is 1.67 bits per heavy atom. The van der Waals surface area contributed by atoms with Crippen molar-refractivity contribution in [2.24, 2.45) is 10.7 Å². The summed E-state index contributed by atoms with van der Waals surface area (Å²) in [6.07, 6.45) is 3.08. The molecule has 2 unspecified atom stereocenters. The van der Waals surface area contributed by atoms with Crippen LogP contribution >= 0.6 is 0 Å². The SMILES string of the molecule is CCC1OC(n2cnc(C(N)=NC)c2N)[I-][C@@H]1C. The molecule has 2 heterocycles. The van der Waals surface area contributed by atoms with E-state index in [2.05, 4.69) is 23.8 Å². The predicted octanol–water partition coefficient (Wildman–Crippen LogP) is -2.46. The van der Waals surface area contributed by atoms with Crippen LogP contribution in [-0.2, 0) is 4.74 Å². The van der Waals surface area contributed by atoms with Crippen LogP contribution in [0.15, 0.2) is 11.3 Å². The van der Waals surface area contributed by atoms with Crippen molar-refractivity contribution in [3.8, 4) is 0 Å². The summed E-state index contributed by atoms with van der Waals surface area (Å²) >= 11 is -0.0994. The second-order valence-electron chi connectivity index (χ2n) is 4.17. The van der Waals surface area contributed by atoms with E-state index < -0.39 is 0 Å². The van der Waals surface area contributed by atoms with Crippen LogP contribution in [0.2, 0.25) is 0 Å². The molecule has 0 bridgehead atoms. The molecule has 0 spiro atoms. The second kappa shape index (κ2) is 5.43. The molecule has 6 nitrogen and oxygen atoms in total. The van der Waals surface area contributed by atoms with Gasteiger partial charge >= 0.3 is 117 Å². The van der Waals surface area contributed by atoms with Crippen LogP contribution in [0.5, 0.6) is 0 Å². The van der Waals surface area contributed by atoms with Gasteiger partial charge in [0.1, 0.15) is 0 Å². The predicted molar refractivity (Wildman–Crippen MR) is 67.0 cm³/mol. The van der Waals surface area contributed by atoms with E-state index in [0.29, 0.717) is 27.4 Å². The first-order valence-electron chi connectivity index (χ1n) is 5.90. The van der Waals surface area contributed by atoms with Crippen molar-refractivity contribution in [3.05, 3.63) is 12.0 Å². The maximum atomic E-state index is 6.07. The summed E-state index contributed by atoms with van der Waals surface area (Å²) in [7, 11) is 1.63. The quantitative estimate of drug-likeness (QED) is 0.270. The van der Waals surface area contributed by atoms with Gasteiger partial charge in [0.15, 0.2) is 0 Å². The molecule has 0 aliphatic carbocycles. The molecule has 3 atom stereocenters. The number of amidine groups is 1. The zero-order valence-electron chi connectivity index (χ0n) is 10.8. The van der Waals surface area contributed by atoms with Crippen LogP contribution in [-0.4, -0.2) is 32.5 Å². The van der Waals surface area contributed by atoms with Crippen LogP contribution < -0.4 is 32.7 Å². The van der Waals surface area contributed by atoms with Crippen LogP contribution in [0.1, 0.15) is 30.2 Å². The Hall–Kier alpha value is -0.830. The number of anilines is 1. The van der Waals surface area contributed by atoms with Gasteiger partial charge < -0.3 is 0 Å². The Bertz CT molecular complexity index is 458. The Labute approximate surface area is 117 Å². The Kier molecular flexibility index (Phi) is 4.10. The summed E-state index contributed by atoms with van der Waals surface area (Å²) in [5.74, 6) is 0.911. The monoisotopic (exact) mass is 364 g/mol. The number of nitrogens with zero attached hydrogens (tertiary/aromatic N) is 3. The van der Waals surface area contributed by atoms with Crippen molar-refractivity contribution in [1.29, 1.82) is 0 Å². The van der Waals surface area contributed by atoms with Gasteiger partial charge in [0, 0.05) is 0 Å². The molecular formula is C11H19IN5O-. The molecule has 1 aromatic rings. The Morgan fingerprint density at radius 2 is 2.39 bits per heavy atom. The third-order valence-electron chi connectivity index (χ3n) is 3.04. The summed E-state index contributed by atoms with van der Waals surface area (Å²) < 4.78 is 8.63. The van der Waals surface area contributed by atoms with Crippen LogP contribution in [0.3, 0.4) is 0 Å². The normalized spacial score (nSPS) is 29.3. The standard InChI is InChI=1S/C11H19IN5O/c1-4-7-6(2)12-11(18-7)17-5-16-8(10(17)14)9(13)15-3/h5-7,11H,4,14H2,1-3H3,(H2,13,15)/q-1/t6-,7?,11?/m1/s1. The van der Waals surface area contributed by atoms with Gasteiger partial charge in [0.2, 0.25) is 0 Å². The molecule has 7 heteroatoms. The molecule has 0 saturated carbocycles. The van der Waals surface area contributed by atoms with Crippen LogP contribution in [0.4, 0.5) is 5.82 Å². The van der Waals surface area contributed by atoms with Crippen molar-refractivity contribution in [2.75, 3.05) is 12.8 Å². The van der Waals surface area contributed by atoms with Gasteiger partial charge in [-0.15, -0.1) is 0 Å². The minimum absolute atomic E-state index is 0.0645. The van der Waals surface area contributed by atoms with Gasteiger partial charge in [0.25, 0.3) is 0 Å². The van der Waals surface area contributed by atoms with Crippen molar-refractivity contribution in [1.82, 2.24) is 9.55 Å². The molecule has 18 heavy (non-hydrogen) atoms. The Balaban J connectivity index is 2.23. The van der Waals surface area contributed by atoms with Crippen molar-refractivity contribution in [2.45, 2.75) is 34.5 Å². The molecule has 0 radical (unpaired) electrons. The number of ether oxygens (including phenoxy) is 1. The molecule has 1 fully saturated rings. The first kappa shape index (κ1) is 13.6. The third kappa shape index (κ3) is 2.33. The second-order valence-corrected chi connectivity index (χ2v) is 7.92. The molecule has 0 amide bonds. The molecule has 1 saturated heterocycles. The number of alkyl halides is 2. The fourth-order valence-corrected chi connectivity index (χ4v) is 5.36. The van der Waals surface area contributed by atoms with E-state index in [9.17, 15) is 0 Å². The third-order valence-corrected chi connectivity index (χ3v) is 6.49. The number of nitrogens with two attached hydrogens (primary N) is 2. The minimum atomic E-state index is -0.0994. The molecule has 1 aliphatic heterocycles. The molecule has 1 aliphatic rings. The van der Waals surface area contributed by atoms with Crippen molar-refractivity contribution >= 4 is 11.7 Å². The van der Waals surface area contributed by atoms with Crippen molar-refractivity contribution < 1.29 is 25.9 Å². The van der Waals surface area contributed by atoms with E-state index in [0.717, 1.165) is 6.42 Å². The number of halogens is 1. The molecule has 1 aromatic heterocycles. The first-order chi connectivity index (χ1) is 8.58. The first-order valence-corrected chi connectivity index (χ1v) is 8.40. The molecular weight excluding hydrogens is 345 g/mol. The summed E-state index contributed by atoms with van der Waals surface area (Å²) in [5.41, 5.74) is 12.4. The number of nitrogen functional groups attached to an aromatic ring is 1. The van der Waals surface area contributed by atoms with Gasteiger partial charge in [-0.2, -0.15) is 0 Å². The maximum absolute atomic E-state index is 6.07. The zero-order valence-corrected chi connectivity index (χ0v) is 13.0. The zero-order chi connectivity index (χ0) is 13.3. The summed E-state index contributed by atoms with van der Waals surface area (Å²) in [5, 5.41) is 0. The van der Waals surface area contributed by atoms with Gasteiger partial charge in [-0.3, -0.25) is 0 Å². The van der Waals surface area contributed by atoms with E-state index in [1.165, 1.54) is 0 Å². The molecule has 102 valence electrons. The van der Waals surface area contributed by atoms with Gasteiger partial charge in [-0.05, 0) is 0 Å². The number of aromatic nitrogens is 2. The molecule has 2 rings (SSSR count). The van der Waals surface area contributed by atoms with E-state index >= 15 is 0 Å². The molecule has 0 aromatic carbocycles. The Morgan fingerprint density at radius 3 is 2.94 bits per heavy atom. The van der Waals surface area contributed by atoms with Crippen LogP contribution in [0.25, 0.3) is 0 Å². The van der Waals surface area contributed by atoms with Gasteiger partial charge in [-0.1, -0.05) is 0 Å². The topological polar surface area (TPSA) is 91.5 Å². The van der Waals surface area contributed by atoms with E-state index in [-0.39, 0.29) is 25.4 Å². The summed E-state index contributed by atoms with van der Waals surface area (Å²) in [6.45, 7) is 4.40. The van der Waals surface area contributed by atoms with Gasteiger partial charge in [0.05, 0.1) is 0 Å². The van der Waals surface area contributed by atoms with E-state index in [1.807, 2.05) is 4.57 Å². The number of imidazole rings is 1. The van der Waals surface area contributed by atoms with E-state index in [4.69, 9.17) is 16.2 Å². The summed E-state index contributed by atoms with van der Waals surface area (Å²) in [6, 6.07) is 0. The average molecular weight is 364 g/mol. The summed E-state index contributed by atoms with van der Waals surface area (Å²) in [4.78, 5) is 8.14. The van der Waals surface area contributed by atoms with Crippen LogP contribution in [0, 0.1) is 0 Å². The average Bonchev–Trinajstić information content (AvgIpc) is 2.91. The fraction of sp³-hybridized carbons (Fsp3) is 0.636. The van der Waals surface area contributed by atoms with Gasteiger partial charge in [-0.25, -0.2) is 0 Å². The number of aliphatic imine (C=N–C) groups is 1. The van der Waals surface area contributed by atoms with Crippen molar-refractivity contribution in [3.63, 3.8) is 0 Å². The molecule has 4 N–H and O–H groups in total. The number of rotatable bonds is 3. The fourth-order valence-electron chi connectivity index (χ4n) is 1.92. The van der Waals surface area contributed by atoms with E-state index in [1.54, 1.807) is 13.4 Å².